The zero-order valence-corrected chi connectivity index (χ0v) is 13.4. The molecule has 1 fully saturated rings. The van der Waals surface area contributed by atoms with Gasteiger partial charge in [0.15, 0.2) is 0 Å². The van der Waals surface area contributed by atoms with E-state index in [1.807, 2.05) is 0 Å². The van der Waals surface area contributed by atoms with E-state index < -0.39 is 0 Å². The Morgan fingerprint density at radius 1 is 1.00 bits per heavy atom. The summed E-state index contributed by atoms with van der Waals surface area (Å²) < 4.78 is 5.44. The third-order valence-corrected chi connectivity index (χ3v) is 4.10. The van der Waals surface area contributed by atoms with Gasteiger partial charge in [0.25, 0.3) is 0 Å². The summed E-state index contributed by atoms with van der Waals surface area (Å²) in [5.74, 6) is 0. The Morgan fingerprint density at radius 3 is 2.52 bits per heavy atom. The maximum atomic E-state index is 5.44. The van der Waals surface area contributed by atoms with Gasteiger partial charge >= 0.3 is 0 Å². The molecule has 21 heavy (non-hydrogen) atoms. The third-order valence-electron chi connectivity index (χ3n) is 4.10. The molecular weight excluding hydrogens is 260 g/mol. The highest BCUT2D eigenvalue weighted by atomic mass is 16.5. The molecule has 0 aliphatic carbocycles. The fourth-order valence-electron chi connectivity index (χ4n) is 2.83. The molecule has 0 aromatic heterocycles. The molecule has 0 saturated carbocycles. The lowest BCUT2D eigenvalue weighted by Crippen LogP contribution is -2.36. The van der Waals surface area contributed by atoms with E-state index in [-0.39, 0.29) is 0 Å². The standard InChI is InChI=1S/C18H30N2O/c1-2-3-4-5-6-9-12-19-17-10-7-8-11-18(17)20-13-15-21-16-14-20/h7-8,10-11,19H,2-6,9,12-16H2,1H3. The Labute approximate surface area is 129 Å². The molecule has 0 spiro atoms. The van der Waals surface area contributed by atoms with Crippen LogP contribution in [0.1, 0.15) is 45.4 Å². The second-order valence-corrected chi connectivity index (χ2v) is 5.81. The van der Waals surface area contributed by atoms with E-state index in [4.69, 9.17) is 4.74 Å². The van der Waals surface area contributed by atoms with E-state index in [0.29, 0.717) is 0 Å². The van der Waals surface area contributed by atoms with Crippen molar-refractivity contribution in [1.29, 1.82) is 0 Å². The lowest BCUT2D eigenvalue weighted by Gasteiger charge is -2.30. The molecule has 3 nitrogen and oxygen atoms in total. The summed E-state index contributed by atoms with van der Waals surface area (Å²) in [5, 5.41) is 3.62. The van der Waals surface area contributed by atoms with Gasteiger partial charge in [-0.25, -0.2) is 0 Å². The van der Waals surface area contributed by atoms with Crippen molar-refractivity contribution in [3.05, 3.63) is 24.3 Å². The summed E-state index contributed by atoms with van der Waals surface area (Å²) in [4.78, 5) is 2.42. The normalized spacial score (nSPS) is 15.2. The van der Waals surface area contributed by atoms with E-state index >= 15 is 0 Å². The number of para-hydroxylation sites is 2. The number of hydrogen-bond acceptors (Lipinski definition) is 3. The highest BCUT2D eigenvalue weighted by Crippen LogP contribution is 2.26. The number of benzene rings is 1. The molecule has 1 aromatic carbocycles. The fourth-order valence-corrected chi connectivity index (χ4v) is 2.83. The summed E-state index contributed by atoms with van der Waals surface area (Å²) in [7, 11) is 0. The molecule has 1 heterocycles. The zero-order chi connectivity index (χ0) is 14.8. The Hall–Kier alpha value is -1.22. The minimum Gasteiger partial charge on any atom is -0.383 e. The summed E-state index contributed by atoms with van der Waals surface area (Å²) in [6.07, 6.45) is 8.08. The van der Waals surface area contributed by atoms with Gasteiger partial charge < -0.3 is 15.0 Å². The van der Waals surface area contributed by atoms with E-state index in [2.05, 4.69) is 41.4 Å². The van der Waals surface area contributed by atoms with Crippen molar-refractivity contribution in [2.75, 3.05) is 43.1 Å². The van der Waals surface area contributed by atoms with Gasteiger partial charge in [0.2, 0.25) is 0 Å². The van der Waals surface area contributed by atoms with Gasteiger partial charge in [-0.1, -0.05) is 51.2 Å². The van der Waals surface area contributed by atoms with Crippen LogP contribution in [0.3, 0.4) is 0 Å². The monoisotopic (exact) mass is 290 g/mol. The van der Waals surface area contributed by atoms with Crippen molar-refractivity contribution in [2.45, 2.75) is 45.4 Å². The van der Waals surface area contributed by atoms with Crippen molar-refractivity contribution in [3.8, 4) is 0 Å². The molecule has 0 bridgehead atoms. The van der Waals surface area contributed by atoms with Crippen molar-refractivity contribution >= 4 is 11.4 Å². The SMILES string of the molecule is CCCCCCCCNc1ccccc1N1CCOCC1. The number of nitrogens with one attached hydrogen (secondary N) is 1. The predicted molar refractivity (Wildman–Crippen MR) is 91.3 cm³/mol. The first-order valence-corrected chi connectivity index (χ1v) is 8.57. The zero-order valence-electron chi connectivity index (χ0n) is 13.4. The third kappa shape index (κ3) is 5.58. The van der Waals surface area contributed by atoms with Gasteiger partial charge in [-0.3, -0.25) is 0 Å². The van der Waals surface area contributed by atoms with Crippen LogP contribution in [0.2, 0.25) is 0 Å². The molecule has 1 aromatic rings. The van der Waals surface area contributed by atoms with Crippen LogP contribution in [0.4, 0.5) is 11.4 Å². The summed E-state index contributed by atoms with van der Waals surface area (Å²) in [6, 6.07) is 8.66. The molecule has 1 N–H and O–H groups in total. The van der Waals surface area contributed by atoms with Crippen LogP contribution >= 0.6 is 0 Å². The molecule has 1 saturated heterocycles. The number of ether oxygens (including phenoxy) is 1. The maximum Gasteiger partial charge on any atom is 0.0642 e. The highest BCUT2D eigenvalue weighted by molar-refractivity contribution is 5.70. The second-order valence-electron chi connectivity index (χ2n) is 5.81. The summed E-state index contributed by atoms with van der Waals surface area (Å²) >= 11 is 0. The van der Waals surface area contributed by atoms with Crippen molar-refractivity contribution in [1.82, 2.24) is 0 Å². The first kappa shape index (κ1) is 16.2. The molecule has 1 aliphatic rings. The second kappa shape index (κ2) is 9.67. The molecule has 118 valence electrons. The topological polar surface area (TPSA) is 24.5 Å². The minimum absolute atomic E-state index is 0.839. The van der Waals surface area contributed by atoms with Gasteiger partial charge in [0.1, 0.15) is 0 Å². The molecule has 0 atom stereocenters. The van der Waals surface area contributed by atoms with Crippen LogP contribution in [-0.2, 0) is 4.74 Å². The van der Waals surface area contributed by atoms with Gasteiger partial charge in [0.05, 0.1) is 24.6 Å². The van der Waals surface area contributed by atoms with Crippen molar-refractivity contribution < 1.29 is 4.74 Å². The van der Waals surface area contributed by atoms with Crippen LogP contribution in [0.25, 0.3) is 0 Å². The van der Waals surface area contributed by atoms with Crippen LogP contribution in [0.5, 0.6) is 0 Å². The molecule has 1 aliphatic heterocycles. The molecule has 0 unspecified atom stereocenters. The lowest BCUT2D eigenvalue weighted by molar-refractivity contribution is 0.123. The first-order chi connectivity index (χ1) is 10.4. The van der Waals surface area contributed by atoms with Crippen LogP contribution < -0.4 is 10.2 Å². The fraction of sp³-hybridized carbons (Fsp3) is 0.667. The average Bonchev–Trinajstić information content (AvgIpc) is 2.55. The average molecular weight is 290 g/mol. The smallest absolute Gasteiger partial charge is 0.0642 e. The molecule has 2 rings (SSSR count). The number of nitrogens with zero attached hydrogens (tertiary/aromatic N) is 1. The Balaban J connectivity index is 1.74. The molecular formula is C18H30N2O. The summed E-state index contributed by atoms with van der Waals surface area (Å²) in [6.45, 7) is 7.01. The van der Waals surface area contributed by atoms with E-state index in [1.54, 1.807) is 0 Å². The van der Waals surface area contributed by atoms with Gasteiger partial charge in [0, 0.05) is 19.6 Å². The van der Waals surface area contributed by atoms with Crippen LogP contribution in [0, 0.1) is 0 Å². The van der Waals surface area contributed by atoms with Gasteiger partial charge in [-0.15, -0.1) is 0 Å². The number of rotatable bonds is 9. The molecule has 0 radical (unpaired) electrons. The number of anilines is 2. The maximum absolute atomic E-state index is 5.44. The largest absolute Gasteiger partial charge is 0.383 e. The summed E-state index contributed by atoms with van der Waals surface area (Å²) in [5.41, 5.74) is 2.60. The van der Waals surface area contributed by atoms with Crippen molar-refractivity contribution in [2.24, 2.45) is 0 Å². The Bertz CT molecular complexity index is 389. The molecule has 3 heteroatoms. The molecule has 0 amide bonds. The van der Waals surface area contributed by atoms with Crippen LogP contribution in [-0.4, -0.2) is 32.8 Å². The first-order valence-electron chi connectivity index (χ1n) is 8.57. The van der Waals surface area contributed by atoms with Gasteiger partial charge in [-0.05, 0) is 18.6 Å². The van der Waals surface area contributed by atoms with Gasteiger partial charge in [-0.2, -0.15) is 0 Å². The Morgan fingerprint density at radius 2 is 1.71 bits per heavy atom. The lowest BCUT2D eigenvalue weighted by atomic mass is 10.1. The number of morpholine rings is 1. The van der Waals surface area contributed by atoms with Crippen molar-refractivity contribution in [3.63, 3.8) is 0 Å². The van der Waals surface area contributed by atoms with E-state index in [0.717, 1.165) is 32.8 Å². The number of unbranched alkanes of at least 4 members (excludes halogenated alkanes) is 5. The highest BCUT2D eigenvalue weighted by Gasteiger charge is 2.13. The van der Waals surface area contributed by atoms with E-state index in [1.165, 1.54) is 49.9 Å². The number of hydrogen-bond donors (Lipinski definition) is 1. The minimum atomic E-state index is 0.839. The Kier molecular flexibility index (Phi) is 7.44. The van der Waals surface area contributed by atoms with E-state index in [9.17, 15) is 0 Å². The van der Waals surface area contributed by atoms with Crippen LogP contribution in [0.15, 0.2) is 24.3 Å². The quantitative estimate of drug-likeness (QED) is 0.686. The predicted octanol–water partition coefficient (Wildman–Crippen LogP) is 4.30.